The Kier molecular flexibility index (Phi) is 3.96. The quantitative estimate of drug-likeness (QED) is 0.893. The van der Waals surface area contributed by atoms with Gasteiger partial charge < -0.3 is 4.90 Å². The van der Waals surface area contributed by atoms with Gasteiger partial charge in [0.15, 0.2) is 0 Å². The molecule has 7 heteroatoms. The highest BCUT2D eigenvalue weighted by molar-refractivity contribution is 7.92. The van der Waals surface area contributed by atoms with Crippen LogP contribution in [0.4, 0.5) is 11.4 Å². The Morgan fingerprint density at radius 3 is 2.56 bits per heavy atom. The molecule has 1 N–H and O–H groups in total. The molecule has 0 atom stereocenters. The number of amides is 1. The minimum Gasteiger partial charge on any atom is -0.312 e. The van der Waals surface area contributed by atoms with E-state index in [1.54, 1.807) is 12.1 Å². The summed E-state index contributed by atoms with van der Waals surface area (Å²) in [4.78, 5) is 14.1. The van der Waals surface area contributed by atoms with E-state index in [1.165, 1.54) is 12.1 Å². The van der Waals surface area contributed by atoms with Gasteiger partial charge in [-0.1, -0.05) is 17.7 Å². The van der Waals surface area contributed by atoms with Gasteiger partial charge >= 0.3 is 0 Å². The van der Waals surface area contributed by atoms with E-state index in [1.807, 2.05) is 17.0 Å². The number of aryl methyl sites for hydroxylation is 2. The van der Waals surface area contributed by atoms with Gasteiger partial charge in [-0.3, -0.25) is 9.52 Å². The molecule has 5 nitrogen and oxygen atoms in total. The molecule has 0 spiro atoms. The average molecular weight is 377 g/mol. The maximum Gasteiger partial charge on any atom is 0.261 e. The maximum atomic E-state index is 12.6. The van der Waals surface area contributed by atoms with Crippen molar-refractivity contribution in [2.24, 2.45) is 0 Å². The number of halogens is 1. The maximum absolute atomic E-state index is 12.6. The number of carbonyl (C=O) groups is 1. The van der Waals surface area contributed by atoms with E-state index in [0.29, 0.717) is 23.6 Å². The molecule has 0 bridgehead atoms. The van der Waals surface area contributed by atoms with Crippen molar-refractivity contribution >= 4 is 38.9 Å². The first-order valence-electron chi connectivity index (χ1n) is 8.18. The molecular weight excluding hydrogens is 360 g/mol. The van der Waals surface area contributed by atoms with E-state index in [0.717, 1.165) is 36.2 Å². The second-order valence-electron chi connectivity index (χ2n) is 6.35. The average Bonchev–Trinajstić information content (AvgIpc) is 2.58. The van der Waals surface area contributed by atoms with Crippen LogP contribution in [0, 0.1) is 0 Å². The van der Waals surface area contributed by atoms with Crippen molar-refractivity contribution in [2.45, 2.75) is 30.6 Å². The zero-order valence-electron chi connectivity index (χ0n) is 13.5. The van der Waals surface area contributed by atoms with Crippen LogP contribution >= 0.6 is 11.6 Å². The Balaban J connectivity index is 1.72. The third kappa shape index (κ3) is 3.00. The molecule has 2 aliphatic heterocycles. The van der Waals surface area contributed by atoms with Gasteiger partial charge in [0.05, 0.1) is 10.6 Å². The number of nitrogens with zero attached hydrogens (tertiary/aromatic N) is 1. The van der Waals surface area contributed by atoms with Crippen molar-refractivity contribution in [3.05, 3.63) is 52.5 Å². The molecule has 2 aromatic rings. The second kappa shape index (κ2) is 6.04. The lowest BCUT2D eigenvalue weighted by molar-refractivity contribution is -0.119. The summed E-state index contributed by atoms with van der Waals surface area (Å²) in [6, 6.07) is 9.85. The van der Waals surface area contributed by atoms with E-state index >= 15 is 0 Å². The highest BCUT2D eigenvalue weighted by Crippen LogP contribution is 2.38. The Bertz CT molecular complexity index is 955. The van der Waals surface area contributed by atoms with Crippen LogP contribution < -0.4 is 9.62 Å². The van der Waals surface area contributed by atoms with Gasteiger partial charge in [0.25, 0.3) is 10.0 Å². The van der Waals surface area contributed by atoms with E-state index < -0.39 is 10.0 Å². The fourth-order valence-electron chi connectivity index (χ4n) is 3.56. The van der Waals surface area contributed by atoms with Gasteiger partial charge in [-0.15, -0.1) is 0 Å². The molecule has 0 radical (unpaired) electrons. The van der Waals surface area contributed by atoms with Crippen molar-refractivity contribution < 1.29 is 13.2 Å². The number of nitrogens with one attached hydrogen (secondary N) is 1. The Morgan fingerprint density at radius 1 is 1.04 bits per heavy atom. The molecule has 2 aromatic carbocycles. The predicted molar refractivity (Wildman–Crippen MR) is 97.7 cm³/mol. The lowest BCUT2D eigenvalue weighted by Gasteiger charge is -2.35. The van der Waals surface area contributed by atoms with E-state index in [-0.39, 0.29) is 10.8 Å². The molecular formula is C18H17ClN2O3S. The molecule has 2 aliphatic rings. The lowest BCUT2D eigenvalue weighted by atomic mass is 9.91. The number of anilines is 2. The first-order valence-corrected chi connectivity index (χ1v) is 10.0. The first-order chi connectivity index (χ1) is 11.9. The largest absolute Gasteiger partial charge is 0.312 e. The number of hydrogen-bond acceptors (Lipinski definition) is 3. The minimum absolute atomic E-state index is 0.128. The van der Waals surface area contributed by atoms with Crippen LogP contribution in [0.1, 0.15) is 24.0 Å². The highest BCUT2D eigenvalue weighted by Gasteiger charge is 2.30. The summed E-state index contributed by atoms with van der Waals surface area (Å²) in [5, 5.41) is 0.373. The number of sulfonamides is 1. The molecule has 1 amide bonds. The van der Waals surface area contributed by atoms with Crippen molar-refractivity contribution in [2.75, 3.05) is 16.2 Å². The van der Waals surface area contributed by atoms with Crippen LogP contribution in [0.15, 0.2) is 41.3 Å². The van der Waals surface area contributed by atoms with Crippen molar-refractivity contribution in [3.8, 4) is 0 Å². The summed E-state index contributed by atoms with van der Waals surface area (Å²) in [7, 11) is -3.71. The van der Waals surface area contributed by atoms with Crippen LogP contribution in [0.2, 0.25) is 5.02 Å². The fourth-order valence-corrected chi connectivity index (χ4v) is 4.90. The molecule has 25 heavy (non-hydrogen) atoms. The first kappa shape index (κ1) is 16.4. The van der Waals surface area contributed by atoms with Crippen LogP contribution in [0.5, 0.6) is 0 Å². The van der Waals surface area contributed by atoms with Gasteiger partial charge in [0.1, 0.15) is 0 Å². The molecule has 0 saturated heterocycles. The predicted octanol–water partition coefficient (Wildman–Crippen LogP) is 3.37. The van der Waals surface area contributed by atoms with Crippen molar-refractivity contribution in [3.63, 3.8) is 0 Å². The molecule has 0 aromatic heterocycles. The van der Waals surface area contributed by atoms with E-state index in [2.05, 4.69) is 4.72 Å². The molecule has 0 saturated carbocycles. The standard InChI is InChI=1S/C18H17ClN2O3S/c19-14-4-1-5-16(11-14)25(23,24)20-15-9-12-3-2-8-21-17(22)7-6-13(10-15)18(12)21/h1,4-5,9-11,20H,2-3,6-8H2. The fraction of sp³-hybridized carbons (Fsp3) is 0.278. The molecule has 0 aliphatic carbocycles. The molecule has 130 valence electrons. The highest BCUT2D eigenvalue weighted by atomic mass is 35.5. The van der Waals surface area contributed by atoms with Gasteiger partial charge in [0.2, 0.25) is 5.91 Å². The number of benzene rings is 2. The van der Waals surface area contributed by atoms with Gasteiger partial charge in [-0.25, -0.2) is 8.42 Å². The summed E-state index contributed by atoms with van der Waals surface area (Å²) in [5.74, 6) is 0.153. The van der Waals surface area contributed by atoms with Crippen LogP contribution in [-0.2, 0) is 27.7 Å². The smallest absolute Gasteiger partial charge is 0.261 e. The number of carbonyl (C=O) groups excluding carboxylic acids is 1. The van der Waals surface area contributed by atoms with E-state index in [4.69, 9.17) is 11.6 Å². The Hall–Kier alpha value is -2.05. The van der Waals surface area contributed by atoms with Gasteiger partial charge in [0, 0.05) is 23.7 Å². The summed E-state index contributed by atoms with van der Waals surface area (Å²) in [6.07, 6.45) is 2.85. The van der Waals surface area contributed by atoms with Crippen LogP contribution in [-0.4, -0.2) is 20.9 Å². The second-order valence-corrected chi connectivity index (χ2v) is 8.47. The topological polar surface area (TPSA) is 66.5 Å². The Labute approximate surface area is 151 Å². The summed E-state index contributed by atoms with van der Waals surface area (Å²) >= 11 is 5.90. The third-order valence-corrected chi connectivity index (χ3v) is 6.25. The van der Waals surface area contributed by atoms with Crippen molar-refractivity contribution in [1.29, 1.82) is 0 Å². The van der Waals surface area contributed by atoms with Gasteiger partial charge in [-0.2, -0.15) is 0 Å². The zero-order valence-corrected chi connectivity index (χ0v) is 15.0. The van der Waals surface area contributed by atoms with Crippen LogP contribution in [0.3, 0.4) is 0 Å². The monoisotopic (exact) mass is 376 g/mol. The summed E-state index contributed by atoms with van der Waals surface area (Å²) in [6.45, 7) is 0.742. The lowest BCUT2D eigenvalue weighted by Crippen LogP contribution is -2.39. The zero-order chi connectivity index (χ0) is 17.6. The number of rotatable bonds is 3. The SMILES string of the molecule is O=C1CCc2cc(NS(=O)(=O)c3cccc(Cl)c3)cc3c2N1CCC3. The molecule has 0 unspecified atom stereocenters. The van der Waals surface area contributed by atoms with Crippen molar-refractivity contribution in [1.82, 2.24) is 0 Å². The Morgan fingerprint density at radius 2 is 1.80 bits per heavy atom. The normalized spacial score (nSPS) is 16.5. The number of hydrogen-bond donors (Lipinski definition) is 1. The summed E-state index contributed by atoms with van der Waals surface area (Å²) in [5.41, 5.74) is 3.57. The van der Waals surface area contributed by atoms with E-state index in [9.17, 15) is 13.2 Å². The summed E-state index contributed by atoms with van der Waals surface area (Å²) < 4.78 is 27.9. The molecule has 2 heterocycles. The molecule has 4 rings (SSSR count). The molecule has 0 fully saturated rings. The van der Waals surface area contributed by atoms with Gasteiger partial charge in [-0.05, 0) is 60.7 Å². The third-order valence-electron chi connectivity index (χ3n) is 4.63. The minimum atomic E-state index is -3.71. The van der Waals surface area contributed by atoms with Crippen LogP contribution in [0.25, 0.3) is 0 Å².